The van der Waals surface area contributed by atoms with Crippen LogP contribution in [0.25, 0.3) is 11.3 Å². The summed E-state index contributed by atoms with van der Waals surface area (Å²) in [4.78, 5) is 16.6. The minimum atomic E-state index is -0.472. The molecule has 1 aromatic heterocycles. The zero-order chi connectivity index (χ0) is 17.1. The van der Waals surface area contributed by atoms with Gasteiger partial charge in [0.15, 0.2) is 17.8 Å². The first-order chi connectivity index (χ1) is 11.6. The Balaban J connectivity index is 1.97. The first-order valence-electron chi connectivity index (χ1n) is 7.11. The van der Waals surface area contributed by atoms with Crippen LogP contribution in [-0.4, -0.2) is 10.9 Å². The summed E-state index contributed by atoms with van der Waals surface area (Å²) in [5.41, 5.74) is 2.30. The number of carbonyl (C=O) groups is 1. The predicted octanol–water partition coefficient (Wildman–Crippen LogP) is 4.43. The molecule has 0 atom stereocenters. The first kappa shape index (κ1) is 15.8. The van der Waals surface area contributed by atoms with Crippen molar-refractivity contribution in [2.45, 2.75) is 6.92 Å². The van der Waals surface area contributed by atoms with Gasteiger partial charge in [-0.1, -0.05) is 35.9 Å². The van der Waals surface area contributed by atoms with Gasteiger partial charge in [-0.15, -0.1) is 0 Å². The largest absolute Gasteiger partial charge is 0.443 e. The second-order valence-electron chi connectivity index (χ2n) is 5.07. The van der Waals surface area contributed by atoms with Crippen LogP contribution in [0.15, 0.2) is 53.3 Å². The van der Waals surface area contributed by atoms with Gasteiger partial charge in [0.2, 0.25) is 0 Å². The molecule has 1 heterocycles. The fraction of sp³-hybridized carbons (Fsp3) is 0.0556. The Morgan fingerprint density at radius 1 is 1.25 bits per heavy atom. The van der Waals surface area contributed by atoms with Crippen LogP contribution in [-0.2, 0) is 0 Å². The molecule has 6 heteroatoms. The number of nitrogens with zero attached hydrogens (tertiary/aromatic N) is 2. The highest BCUT2D eigenvalue weighted by molar-refractivity contribution is 6.33. The number of rotatable bonds is 3. The number of carbonyl (C=O) groups excluding carboxylic acids is 1. The van der Waals surface area contributed by atoms with Crippen LogP contribution in [0, 0.1) is 18.3 Å². The number of nitriles is 1. The van der Waals surface area contributed by atoms with Gasteiger partial charge in [-0.05, 0) is 30.7 Å². The highest BCUT2D eigenvalue weighted by Crippen LogP contribution is 2.30. The van der Waals surface area contributed by atoms with Crippen LogP contribution in [0.4, 0.5) is 5.69 Å². The predicted molar refractivity (Wildman–Crippen MR) is 90.8 cm³/mol. The average molecular weight is 338 g/mol. The van der Waals surface area contributed by atoms with Crippen molar-refractivity contribution in [3.63, 3.8) is 0 Å². The number of halogens is 1. The van der Waals surface area contributed by atoms with Crippen molar-refractivity contribution in [2.24, 2.45) is 0 Å². The minimum Gasteiger partial charge on any atom is -0.443 e. The monoisotopic (exact) mass is 337 g/mol. The van der Waals surface area contributed by atoms with Crippen LogP contribution in [0.1, 0.15) is 21.6 Å². The molecule has 1 N–H and O–H groups in total. The molecule has 24 heavy (non-hydrogen) atoms. The lowest BCUT2D eigenvalue weighted by Gasteiger charge is -2.08. The van der Waals surface area contributed by atoms with E-state index in [4.69, 9.17) is 16.0 Å². The third-order valence-electron chi connectivity index (χ3n) is 3.53. The Morgan fingerprint density at radius 2 is 2.04 bits per heavy atom. The van der Waals surface area contributed by atoms with Gasteiger partial charge in [-0.25, -0.2) is 4.98 Å². The van der Waals surface area contributed by atoms with E-state index in [9.17, 15) is 10.1 Å². The Hall–Kier alpha value is -3.10. The summed E-state index contributed by atoms with van der Waals surface area (Å²) in [6, 6.07) is 14.4. The first-order valence-corrected chi connectivity index (χ1v) is 7.49. The van der Waals surface area contributed by atoms with E-state index in [2.05, 4.69) is 16.4 Å². The van der Waals surface area contributed by atoms with E-state index in [-0.39, 0.29) is 11.5 Å². The minimum absolute atomic E-state index is 0.105. The van der Waals surface area contributed by atoms with Crippen molar-refractivity contribution in [1.29, 1.82) is 5.26 Å². The van der Waals surface area contributed by atoms with Gasteiger partial charge < -0.3 is 9.73 Å². The van der Waals surface area contributed by atoms with Crippen molar-refractivity contribution in [3.8, 4) is 17.4 Å². The molecule has 0 aliphatic rings. The van der Waals surface area contributed by atoms with Crippen LogP contribution >= 0.6 is 11.6 Å². The zero-order valence-corrected chi connectivity index (χ0v) is 13.5. The van der Waals surface area contributed by atoms with Crippen molar-refractivity contribution < 1.29 is 9.21 Å². The van der Waals surface area contributed by atoms with Gasteiger partial charge in [0.05, 0.1) is 16.3 Å². The van der Waals surface area contributed by atoms with E-state index in [1.165, 1.54) is 6.39 Å². The fourth-order valence-electron chi connectivity index (χ4n) is 2.35. The number of aryl methyl sites for hydroxylation is 1. The van der Waals surface area contributed by atoms with Crippen molar-refractivity contribution in [2.75, 3.05) is 5.32 Å². The molecule has 0 aliphatic heterocycles. The number of oxazole rings is 1. The van der Waals surface area contributed by atoms with E-state index in [1.54, 1.807) is 49.4 Å². The smallest absolute Gasteiger partial charge is 0.278 e. The molecule has 118 valence electrons. The lowest BCUT2D eigenvalue weighted by Crippen LogP contribution is -2.14. The molecular weight excluding hydrogens is 326 g/mol. The molecule has 0 unspecified atom stereocenters. The molecule has 0 fully saturated rings. The van der Waals surface area contributed by atoms with Gasteiger partial charge in [0.25, 0.3) is 5.91 Å². The van der Waals surface area contributed by atoms with Crippen LogP contribution in [0.5, 0.6) is 0 Å². The maximum Gasteiger partial charge on any atom is 0.278 e. The molecule has 0 saturated heterocycles. The number of nitrogens with one attached hydrogen (secondary N) is 1. The molecular formula is C18H12ClN3O2. The van der Waals surface area contributed by atoms with E-state index in [0.29, 0.717) is 21.8 Å². The number of benzene rings is 2. The molecule has 5 nitrogen and oxygen atoms in total. The van der Waals surface area contributed by atoms with Gasteiger partial charge in [0.1, 0.15) is 6.07 Å². The Morgan fingerprint density at radius 3 is 2.79 bits per heavy atom. The molecule has 0 spiro atoms. The van der Waals surface area contributed by atoms with Crippen LogP contribution in [0.2, 0.25) is 5.02 Å². The number of amides is 1. The summed E-state index contributed by atoms with van der Waals surface area (Å²) >= 11 is 6.16. The van der Waals surface area contributed by atoms with E-state index in [0.717, 1.165) is 5.56 Å². The van der Waals surface area contributed by atoms with Crippen molar-refractivity contribution in [3.05, 3.63) is 70.7 Å². The summed E-state index contributed by atoms with van der Waals surface area (Å²) in [5, 5.41) is 12.4. The van der Waals surface area contributed by atoms with E-state index in [1.807, 2.05) is 0 Å². The standard InChI is InChI=1S/C18H12ClN3O2/c1-11-5-4-8-15(13(11)9-20)22-18(23)16-17(24-10-21-16)12-6-2-3-7-14(12)19/h2-8,10H,1H3,(H,22,23). The van der Waals surface area contributed by atoms with Crippen molar-refractivity contribution in [1.82, 2.24) is 4.98 Å². The topological polar surface area (TPSA) is 78.9 Å². The normalized spacial score (nSPS) is 10.2. The third-order valence-corrected chi connectivity index (χ3v) is 3.86. The average Bonchev–Trinajstić information content (AvgIpc) is 3.05. The lowest BCUT2D eigenvalue weighted by molar-refractivity contribution is 0.102. The van der Waals surface area contributed by atoms with Crippen LogP contribution < -0.4 is 5.32 Å². The van der Waals surface area contributed by atoms with E-state index < -0.39 is 5.91 Å². The molecule has 3 rings (SSSR count). The van der Waals surface area contributed by atoms with Crippen molar-refractivity contribution >= 4 is 23.2 Å². The molecule has 0 radical (unpaired) electrons. The van der Waals surface area contributed by atoms with Gasteiger partial charge in [-0.2, -0.15) is 5.26 Å². The molecule has 0 saturated carbocycles. The second kappa shape index (κ2) is 6.57. The highest BCUT2D eigenvalue weighted by Gasteiger charge is 2.21. The maximum atomic E-state index is 12.6. The van der Waals surface area contributed by atoms with Gasteiger partial charge in [0, 0.05) is 5.56 Å². The number of anilines is 1. The fourth-order valence-corrected chi connectivity index (χ4v) is 2.57. The maximum absolute atomic E-state index is 12.6. The summed E-state index contributed by atoms with van der Waals surface area (Å²) in [7, 11) is 0. The van der Waals surface area contributed by atoms with Crippen LogP contribution in [0.3, 0.4) is 0 Å². The summed E-state index contributed by atoms with van der Waals surface area (Å²) < 4.78 is 5.35. The molecule has 0 bridgehead atoms. The SMILES string of the molecule is Cc1cccc(NC(=O)c2ncoc2-c2ccccc2Cl)c1C#N. The molecule has 1 amide bonds. The number of hydrogen-bond donors (Lipinski definition) is 1. The van der Waals surface area contributed by atoms with E-state index >= 15 is 0 Å². The summed E-state index contributed by atoms with van der Waals surface area (Å²) in [6.45, 7) is 1.81. The van der Waals surface area contributed by atoms with Gasteiger partial charge in [-0.3, -0.25) is 4.79 Å². The number of hydrogen-bond acceptors (Lipinski definition) is 4. The number of aromatic nitrogens is 1. The Kier molecular flexibility index (Phi) is 4.32. The Labute approximate surface area is 143 Å². The highest BCUT2D eigenvalue weighted by atomic mass is 35.5. The second-order valence-corrected chi connectivity index (χ2v) is 5.48. The molecule has 3 aromatic rings. The molecule has 0 aliphatic carbocycles. The molecule has 2 aromatic carbocycles. The van der Waals surface area contributed by atoms with Gasteiger partial charge >= 0.3 is 0 Å². The summed E-state index contributed by atoms with van der Waals surface area (Å²) in [5.74, 6) is -0.190. The zero-order valence-electron chi connectivity index (χ0n) is 12.7. The Bertz CT molecular complexity index is 957. The third kappa shape index (κ3) is 2.87. The quantitative estimate of drug-likeness (QED) is 0.766. The summed E-state index contributed by atoms with van der Waals surface area (Å²) in [6.07, 6.45) is 1.19. The lowest BCUT2D eigenvalue weighted by atomic mass is 10.1.